The second-order valence-corrected chi connectivity index (χ2v) is 12.0. The summed E-state index contributed by atoms with van der Waals surface area (Å²) in [7, 11) is 0. The quantitative estimate of drug-likeness (QED) is 0.234. The van der Waals surface area contributed by atoms with Crippen molar-refractivity contribution >= 4 is 0 Å². The molecule has 0 spiro atoms. The van der Waals surface area contributed by atoms with Gasteiger partial charge in [0, 0.05) is 5.92 Å². The van der Waals surface area contributed by atoms with E-state index >= 15 is 0 Å². The lowest BCUT2D eigenvalue weighted by Gasteiger charge is -2.35. The third-order valence-electron chi connectivity index (χ3n) is 9.42. The molecule has 3 aliphatic rings. The van der Waals surface area contributed by atoms with E-state index in [-0.39, 0.29) is 0 Å². The predicted octanol–water partition coefficient (Wildman–Crippen LogP) is 9.65. The molecule has 0 radical (unpaired) electrons. The van der Waals surface area contributed by atoms with Crippen molar-refractivity contribution in [3.8, 4) is 0 Å². The minimum atomic E-state index is 0.542. The van der Waals surface area contributed by atoms with Gasteiger partial charge in [0.2, 0.25) is 0 Å². The Morgan fingerprint density at radius 1 is 0.735 bits per heavy atom. The third-order valence-corrected chi connectivity index (χ3v) is 9.42. The first-order valence-corrected chi connectivity index (χ1v) is 15.1. The number of aryl methyl sites for hydroxylation is 1. The maximum atomic E-state index is 6.41. The van der Waals surface area contributed by atoms with E-state index in [1.165, 1.54) is 108 Å². The molecule has 1 aromatic carbocycles. The molecule has 0 bridgehead atoms. The Morgan fingerprint density at radius 2 is 1.50 bits per heavy atom. The van der Waals surface area contributed by atoms with Crippen molar-refractivity contribution < 1.29 is 4.74 Å². The van der Waals surface area contributed by atoms with Gasteiger partial charge in [-0.05, 0) is 105 Å². The Morgan fingerprint density at radius 3 is 2.15 bits per heavy atom. The monoisotopic (exact) mass is 464 g/mol. The number of hydrogen-bond acceptors (Lipinski definition) is 1. The van der Waals surface area contributed by atoms with Gasteiger partial charge in [0.25, 0.3) is 0 Å². The van der Waals surface area contributed by atoms with Gasteiger partial charge in [-0.3, -0.25) is 0 Å². The Balaban J connectivity index is 1.12. The van der Waals surface area contributed by atoms with Gasteiger partial charge < -0.3 is 4.74 Å². The van der Waals surface area contributed by atoms with Crippen molar-refractivity contribution in [2.45, 2.75) is 129 Å². The van der Waals surface area contributed by atoms with Gasteiger partial charge in [0.05, 0.1) is 12.7 Å². The Kier molecular flexibility index (Phi) is 10.6. The molecule has 1 aromatic rings. The number of rotatable bonds is 11. The smallest absolute Gasteiger partial charge is 0.0575 e. The summed E-state index contributed by atoms with van der Waals surface area (Å²) in [6.45, 7) is 5.55. The molecule has 3 aliphatic carbocycles. The highest BCUT2D eigenvalue weighted by molar-refractivity contribution is 5.26. The summed E-state index contributed by atoms with van der Waals surface area (Å²) in [6.07, 6.45) is 27.5. The Bertz CT molecular complexity index is 703. The fourth-order valence-corrected chi connectivity index (χ4v) is 7.09. The van der Waals surface area contributed by atoms with Crippen LogP contribution >= 0.6 is 0 Å². The Labute approximate surface area is 211 Å². The van der Waals surface area contributed by atoms with Crippen LogP contribution in [0.15, 0.2) is 36.4 Å². The molecule has 2 saturated carbocycles. The van der Waals surface area contributed by atoms with Crippen LogP contribution in [0.1, 0.15) is 127 Å². The fourth-order valence-electron chi connectivity index (χ4n) is 7.09. The standard InChI is InChI=1S/C33H52O/c1-3-5-6-8-27-13-23-33(24-14-27)34-25-28-11-17-30(18-12-28)32-21-19-31(20-22-32)29-15-9-26(7-4-2)10-16-29/h9-11,15-17,27-28,30-33H,3-8,12-14,18-25H2,1-2H3. The van der Waals surface area contributed by atoms with Gasteiger partial charge in [0.1, 0.15) is 0 Å². The highest BCUT2D eigenvalue weighted by atomic mass is 16.5. The lowest BCUT2D eigenvalue weighted by Crippen LogP contribution is -2.26. The van der Waals surface area contributed by atoms with Crippen LogP contribution in [0, 0.1) is 23.7 Å². The lowest BCUT2D eigenvalue weighted by atomic mass is 9.70. The number of hydrogen-bond donors (Lipinski definition) is 0. The van der Waals surface area contributed by atoms with E-state index in [4.69, 9.17) is 4.74 Å². The van der Waals surface area contributed by atoms with Gasteiger partial charge in [-0.25, -0.2) is 0 Å². The van der Waals surface area contributed by atoms with E-state index < -0.39 is 0 Å². The van der Waals surface area contributed by atoms with Crippen LogP contribution in [0.3, 0.4) is 0 Å². The summed E-state index contributed by atoms with van der Waals surface area (Å²) in [4.78, 5) is 0. The van der Waals surface area contributed by atoms with Crippen LogP contribution in [-0.4, -0.2) is 12.7 Å². The van der Waals surface area contributed by atoms with Gasteiger partial charge in [0.15, 0.2) is 0 Å². The van der Waals surface area contributed by atoms with Gasteiger partial charge in [-0.15, -0.1) is 0 Å². The zero-order valence-electron chi connectivity index (χ0n) is 22.4. The summed E-state index contributed by atoms with van der Waals surface area (Å²) in [5.41, 5.74) is 3.09. The van der Waals surface area contributed by atoms with Gasteiger partial charge in [-0.2, -0.15) is 0 Å². The second-order valence-electron chi connectivity index (χ2n) is 12.0. The van der Waals surface area contributed by atoms with Crippen LogP contribution in [0.5, 0.6) is 0 Å². The maximum absolute atomic E-state index is 6.41. The number of benzene rings is 1. The van der Waals surface area contributed by atoms with Gasteiger partial charge >= 0.3 is 0 Å². The highest BCUT2D eigenvalue weighted by Crippen LogP contribution is 2.42. The largest absolute Gasteiger partial charge is 0.378 e. The number of unbranched alkanes of at least 4 members (excludes halogenated alkanes) is 2. The average molecular weight is 465 g/mol. The van der Waals surface area contributed by atoms with Crippen LogP contribution in [0.2, 0.25) is 0 Å². The minimum Gasteiger partial charge on any atom is -0.378 e. The van der Waals surface area contributed by atoms with Crippen molar-refractivity contribution in [1.82, 2.24) is 0 Å². The summed E-state index contributed by atoms with van der Waals surface area (Å²) in [6, 6.07) is 9.58. The molecular formula is C33H52O. The summed E-state index contributed by atoms with van der Waals surface area (Å²) >= 11 is 0. The molecule has 0 saturated heterocycles. The van der Waals surface area contributed by atoms with Crippen molar-refractivity contribution in [3.63, 3.8) is 0 Å². The molecule has 1 nitrogen and oxygen atoms in total. The highest BCUT2D eigenvalue weighted by Gasteiger charge is 2.29. The predicted molar refractivity (Wildman–Crippen MR) is 146 cm³/mol. The van der Waals surface area contributed by atoms with Crippen molar-refractivity contribution in [1.29, 1.82) is 0 Å². The number of ether oxygens (including phenoxy) is 1. The van der Waals surface area contributed by atoms with Crippen LogP contribution < -0.4 is 0 Å². The molecule has 1 heteroatoms. The molecular weight excluding hydrogens is 412 g/mol. The molecule has 0 amide bonds. The first-order chi connectivity index (χ1) is 16.7. The van der Waals surface area contributed by atoms with E-state index in [1.54, 1.807) is 5.56 Å². The van der Waals surface area contributed by atoms with Crippen molar-refractivity contribution in [2.24, 2.45) is 23.7 Å². The van der Waals surface area contributed by atoms with Crippen LogP contribution in [-0.2, 0) is 11.2 Å². The molecule has 190 valence electrons. The Hall–Kier alpha value is -1.08. The molecule has 2 atom stereocenters. The summed E-state index contributed by atoms with van der Waals surface area (Å²) in [5.74, 6) is 4.18. The fraction of sp³-hybridized carbons (Fsp3) is 0.758. The van der Waals surface area contributed by atoms with E-state index in [2.05, 4.69) is 50.3 Å². The average Bonchev–Trinajstić information content (AvgIpc) is 2.89. The first-order valence-electron chi connectivity index (χ1n) is 15.1. The first kappa shape index (κ1) is 26.0. The number of allylic oxidation sites excluding steroid dienone is 1. The lowest BCUT2D eigenvalue weighted by molar-refractivity contribution is 0.00209. The SMILES string of the molecule is CCCCCC1CCC(OCC2C=CC(C3CCC(c4ccc(CCC)cc4)CC3)CC2)CC1. The minimum absolute atomic E-state index is 0.542. The van der Waals surface area contributed by atoms with Crippen molar-refractivity contribution in [2.75, 3.05) is 6.61 Å². The molecule has 0 aliphatic heterocycles. The van der Waals surface area contributed by atoms with Gasteiger partial charge in [-0.1, -0.05) is 82.4 Å². The summed E-state index contributed by atoms with van der Waals surface area (Å²) in [5, 5.41) is 0. The van der Waals surface area contributed by atoms with E-state index in [0.29, 0.717) is 12.0 Å². The zero-order chi connectivity index (χ0) is 23.6. The van der Waals surface area contributed by atoms with E-state index in [9.17, 15) is 0 Å². The molecule has 2 fully saturated rings. The topological polar surface area (TPSA) is 9.23 Å². The third kappa shape index (κ3) is 7.71. The molecule has 34 heavy (non-hydrogen) atoms. The van der Waals surface area contributed by atoms with E-state index in [1.807, 2.05) is 0 Å². The molecule has 0 heterocycles. The second kappa shape index (κ2) is 13.9. The molecule has 0 N–H and O–H groups in total. The molecule has 4 rings (SSSR count). The van der Waals surface area contributed by atoms with E-state index in [0.717, 1.165) is 30.3 Å². The van der Waals surface area contributed by atoms with Crippen LogP contribution in [0.25, 0.3) is 0 Å². The zero-order valence-corrected chi connectivity index (χ0v) is 22.4. The summed E-state index contributed by atoms with van der Waals surface area (Å²) < 4.78 is 6.41. The normalized spacial score (nSPS) is 32.1. The molecule has 0 aromatic heterocycles. The van der Waals surface area contributed by atoms with Crippen LogP contribution in [0.4, 0.5) is 0 Å². The van der Waals surface area contributed by atoms with Crippen molar-refractivity contribution in [3.05, 3.63) is 47.5 Å². The molecule has 2 unspecified atom stereocenters. The maximum Gasteiger partial charge on any atom is 0.0575 e.